The average Bonchev–Trinajstić information content (AvgIpc) is 2.15. The second kappa shape index (κ2) is 5.88. The molecule has 0 aliphatic carbocycles. The van der Waals surface area contributed by atoms with Crippen LogP contribution in [0.25, 0.3) is 0 Å². The van der Waals surface area contributed by atoms with Crippen LogP contribution in [0.2, 0.25) is 0 Å². The van der Waals surface area contributed by atoms with Crippen LogP contribution in [0.5, 0.6) is 0 Å². The lowest BCUT2D eigenvalue weighted by atomic mass is 9.88. The predicted octanol–water partition coefficient (Wildman–Crippen LogP) is -0.349. The Hall–Kier alpha value is 0.130. The summed E-state index contributed by atoms with van der Waals surface area (Å²) in [5.41, 5.74) is 0. The number of aliphatic hydroxyl groups excluding tert-OH is 3. The summed E-state index contributed by atoms with van der Waals surface area (Å²) in [5.74, 6) is 0. The molecule has 4 nitrogen and oxygen atoms in total. The Bertz CT molecular complexity index is 150. The molecule has 4 N–H and O–H groups in total. The fourth-order valence-corrected chi connectivity index (χ4v) is 1.87. The normalized spacial score (nSPS) is 43.1. The van der Waals surface area contributed by atoms with E-state index in [1.807, 2.05) is 13.8 Å². The zero-order valence-electron chi connectivity index (χ0n) is 8.55. The van der Waals surface area contributed by atoms with Crippen LogP contribution in [0.3, 0.4) is 0 Å². The van der Waals surface area contributed by atoms with Gasteiger partial charge in [-0.25, -0.2) is 0 Å². The van der Waals surface area contributed by atoms with E-state index in [1.165, 1.54) is 0 Å². The molecule has 86 valence electrons. The zero-order chi connectivity index (χ0) is 10.0. The van der Waals surface area contributed by atoms with Gasteiger partial charge in [-0.1, -0.05) is 13.8 Å². The molecular weight excluding hydrogens is 206 g/mol. The van der Waals surface area contributed by atoms with Crippen LogP contribution in [0.15, 0.2) is 0 Å². The molecule has 1 rings (SSSR count). The van der Waals surface area contributed by atoms with Crippen molar-refractivity contribution in [3.05, 3.63) is 0 Å². The van der Waals surface area contributed by atoms with Gasteiger partial charge in [0.15, 0.2) is 0 Å². The molecule has 1 fully saturated rings. The van der Waals surface area contributed by atoms with E-state index in [4.69, 9.17) is 0 Å². The SMILES string of the molecule is CC[C@@H]1N[C@H](CC)[C@H](O)C(O)[C@@H]1O.Cl. The topological polar surface area (TPSA) is 72.7 Å². The summed E-state index contributed by atoms with van der Waals surface area (Å²) in [6, 6.07) is -0.216. The van der Waals surface area contributed by atoms with Gasteiger partial charge in [-0.3, -0.25) is 0 Å². The van der Waals surface area contributed by atoms with E-state index in [9.17, 15) is 15.3 Å². The first-order chi connectivity index (χ1) is 6.11. The number of halogens is 1. The molecule has 0 bridgehead atoms. The lowest BCUT2D eigenvalue weighted by molar-refractivity contribution is -0.114. The van der Waals surface area contributed by atoms with Gasteiger partial charge in [0.25, 0.3) is 0 Å². The molecule has 14 heavy (non-hydrogen) atoms. The van der Waals surface area contributed by atoms with Gasteiger partial charge in [0, 0.05) is 12.1 Å². The molecule has 0 aromatic rings. The van der Waals surface area contributed by atoms with Crippen molar-refractivity contribution in [1.29, 1.82) is 0 Å². The fraction of sp³-hybridized carbons (Fsp3) is 1.00. The highest BCUT2D eigenvalue weighted by molar-refractivity contribution is 5.85. The summed E-state index contributed by atoms with van der Waals surface area (Å²) in [4.78, 5) is 0. The van der Waals surface area contributed by atoms with E-state index < -0.39 is 18.3 Å². The lowest BCUT2D eigenvalue weighted by Gasteiger charge is -2.41. The van der Waals surface area contributed by atoms with Gasteiger partial charge in [-0.05, 0) is 12.8 Å². The Balaban J connectivity index is 0.00000169. The van der Waals surface area contributed by atoms with Crippen LogP contribution < -0.4 is 5.32 Å². The molecule has 0 spiro atoms. The zero-order valence-corrected chi connectivity index (χ0v) is 9.37. The predicted molar refractivity (Wildman–Crippen MR) is 56.6 cm³/mol. The number of rotatable bonds is 2. The smallest absolute Gasteiger partial charge is 0.109 e. The van der Waals surface area contributed by atoms with Crippen LogP contribution in [0.4, 0.5) is 0 Å². The van der Waals surface area contributed by atoms with Crippen LogP contribution in [0.1, 0.15) is 26.7 Å². The molecular formula is C9H20ClNO3. The van der Waals surface area contributed by atoms with Crippen molar-refractivity contribution in [2.75, 3.05) is 0 Å². The third-order valence-electron chi connectivity index (χ3n) is 2.83. The summed E-state index contributed by atoms with van der Waals surface area (Å²) in [6.07, 6.45) is -1.23. The Morgan fingerprint density at radius 3 is 1.50 bits per heavy atom. The third-order valence-corrected chi connectivity index (χ3v) is 2.83. The molecule has 5 heteroatoms. The number of nitrogens with one attached hydrogen (secondary N) is 1. The van der Waals surface area contributed by atoms with E-state index in [-0.39, 0.29) is 24.5 Å². The highest BCUT2D eigenvalue weighted by Crippen LogP contribution is 2.18. The molecule has 0 aromatic heterocycles. The molecule has 0 amide bonds. The number of piperidine rings is 1. The van der Waals surface area contributed by atoms with Gasteiger partial charge in [0.1, 0.15) is 6.10 Å². The molecule has 0 aromatic carbocycles. The van der Waals surface area contributed by atoms with E-state index in [1.54, 1.807) is 0 Å². The van der Waals surface area contributed by atoms with Crippen LogP contribution >= 0.6 is 12.4 Å². The first-order valence-corrected chi connectivity index (χ1v) is 4.92. The summed E-state index contributed by atoms with van der Waals surface area (Å²) in [7, 11) is 0. The minimum Gasteiger partial charge on any atom is -0.389 e. The van der Waals surface area contributed by atoms with Crippen molar-refractivity contribution >= 4 is 12.4 Å². The summed E-state index contributed by atoms with van der Waals surface area (Å²) < 4.78 is 0. The highest BCUT2D eigenvalue weighted by atomic mass is 35.5. The molecule has 1 heterocycles. The van der Waals surface area contributed by atoms with Gasteiger partial charge in [-0.2, -0.15) is 0 Å². The first kappa shape index (κ1) is 14.1. The maximum atomic E-state index is 9.55. The van der Waals surface area contributed by atoms with Crippen molar-refractivity contribution in [3.63, 3.8) is 0 Å². The standard InChI is InChI=1S/C9H19NO3.ClH/c1-3-5-7(11)9(13)8(12)6(4-2)10-5;/h5-13H,3-4H2,1-2H3;1H/t5-,6+,7+,8-,9?;. The maximum absolute atomic E-state index is 9.55. The van der Waals surface area contributed by atoms with E-state index in [2.05, 4.69) is 5.32 Å². The van der Waals surface area contributed by atoms with E-state index >= 15 is 0 Å². The number of aliphatic hydroxyl groups is 3. The molecule has 0 saturated carbocycles. The highest BCUT2D eigenvalue weighted by Gasteiger charge is 2.40. The Labute approximate surface area is 90.7 Å². The van der Waals surface area contributed by atoms with Gasteiger partial charge in [0.2, 0.25) is 0 Å². The summed E-state index contributed by atoms with van der Waals surface area (Å²) >= 11 is 0. The molecule has 1 saturated heterocycles. The first-order valence-electron chi connectivity index (χ1n) is 4.92. The van der Waals surface area contributed by atoms with E-state index in [0.29, 0.717) is 0 Å². The van der Waals surface area contributed by atoms with Gasteiger partial charge in [-0.15, -0.1) is 12.4 Å². The number of hydrogen-bond acceptors (Lipinski definition) is 4. The largest absolute Gasteiger partial charge is 0.389 e. The van der Waals surface area contributed by atoms with Crippen molar-refractivity contribution in [3.8, 4) is 0 Å². The van der Waals surface area contributed by atoms with Crippen molar-refractivity contribution in [2.45, 2.75) is 57.1 Å². The lowest BCUT2D eigenvalue weighted by Crippen LogP contribution is -2.64. The Kier molecular flexibility index (Phi) is 5.93. The summed E-state index contributed by atoms with van der Waals surface area (Å²) in [5, 5.41) is 31.7. The van der Waals surface area contributed by atoms with Crippen LogP contribution in [-0.4, -0.2) is 45.7 Å². The van der Waals surface area contributed by atoms with Crippen LogP contribution in [-0.2, 0) is 0 Å². The number of hydrogen-bond donors (Lipinski definition) is 4. The molecule has 1 unspecified atom stereocenters. The van der Waals surface area contributed by atoms with Crippen molar-refractivity contribution in [2.24, 2.45) is 0 Å². The molecule has 1 aliphatic rings. The molecule has 1 aliphatic heterocycles. The minimum atomic E-state index is -1.02. The van der Waals surface area contributed by atoms with Crippen LogP contribution in [0, 0.1) is 0 Å². The summed E-state index contributed by atoms with van der Waals surface area (Å²) in [6.45, 7) is 3.88. The Morgan fingerprint density at radius 2 is 1.21 bits per heavy atom. The molecule has 5 atom stereocenters. The second-order valence-electron chi connectivity index (χ2n) is 3.67. The average molecular weight is 226 g/mol. The van der Waals surface area contributed by atoms with Gasteiger partial charge < -0.3 is 20.6 Å². The van der Waals surface area contributed by atoms with Gasteiger partial charge in [0.05, 0.1) is 12.2 Å². The fourth-order valence-electron chi connectivity index (χ4n) is 1.87. The Morgan fingerprint density at radius 1 is 0.857 bits per heavy atom. The second-order valence-corrected chi connectivity index (χ2v) is 3.67. The quantitative estimate of drug-likeness (QED) is 0.519. The van der Waals surface area contributed by atoms with E-state index in [0.717, 1.165) is 12.8 Å². The molecule has 0 radical (unpaired) electrons. The minimum absolute atomic E-state index is 0. The van der Waals surface area contributed by atoms with Crippen molar-refractivity contribution < 1.29 is 15.3 Å². The maximum Gasteiger partial charge on any atom is 0.109 e. The van der Waals surface area contributed by atoms with Gasteiger partial charge >= 0.3 is 0 Å². The van der Waals surface area contributed by atoms with Crippen molar-refractivity contribution in [1.82, 2.24) is 5.32 Å². The third kappa shape index (κ3) is 2.58. The monoisotopic (exact) mass is 225 g/mol.